The number of aryl methyl sites for hydroxylation is 1. The van der Waals surface area contributed by atoms with Crippen LogP contribution in [0.3, 0.4) is 0 Å². The summed E-state index contributed by atoms with van der Waals surface area (Å²) < 4.78 is 0. The fraction of sp³-hybridized carbons (Fsp3) is 0.379. The molecule has 0 bridgehead atoms. The van der Waals surface area contributed by atoms with Crippen LogP contribution in [0.15, 0.2) is 80.0 Å². The van der Waals surface area contributed by atoms with Gasteiger partial charge < -0.3 is 9.80 Å². The van der Waals surface area contributed by atoms with E-state index in [1.807, 2.05) is 12.2 Å². The fourth-order valence-electron chi connectivity index (χ4n) is 4.39. The van der Waals surface area contributed by atoms with Crippen molar-refractivity contribution in [2.24, 2.45) is 5.92 Å². The van der Waals surface area contributed by atoms with E-state index in [9.17, 15) is 0 Å². The summed E-state index contributed by atoms with van der Waals surface area (Å²) in [6.07, 6.45) is 5.98. The third-order valence-corrected chi connectivity index (χ3v) is 6.16. The van der Waals surface area contributed by atoms with Gasteiger partial charge >= 0.3 is 0 Å². The Kier molecular flexibility index (Phi) is 9.81. The summed E-state index contributed by atoms with van der Waals surface area (Å²) in [6.45, 7) is 21.8. The first-order valence-electron chi connectivity index (χ1n) is 11.4. The molecule has 2 atom stereocenters. The van der Waals surface area contributed by atoms with Crippen molar-refractivity contribution in [1.82, 2.24) is 9.80 Å². The predicted molar refractivity (Wildman–Crippen MR) is 137 cm³/mol. The Bertz CT molecular complexity index is 852. The van der Waals surface area contributed by atoms with Crippen molar-refractivity contribution in [2.45, 2.75) is 46.2 Å². The van der Waals surface area contributed by atoms with Crippen LogP contribution in [-0.2, 0) is 13.0 Å². The van der Waals surface area contributed by atoms with Gasteiger partial charge in [0.05, 0.1) is 0 Å². The van der Waals surface area contributed by atoms with Crippen LogP contribution in [0.1, 0.15) is 42.5 Å². The Morgan fingerprint density at radius 2 is 1.77 bits per heavy atom. The van der Waals surface area contributed by atoms with E-state index in [1.54, 1.807) is 0 Å². The molecule has 0 spiro atoms. The second-order valence-electron chi connectivity index (χ2n) is 8.64. The normalized spacial score (nSPS) is 12.9. The summed E-state index contributed by atoms with van der Waals surface area (Å²) in [7, 11) is 2.22. The van der Waals surface area contributed by atoms with E-state index in [2.05, 4.69) is 106 Å². The maximum Gasteiger partial charge on any atom is 0.0446 e. The second kappa shape index (κ2) is 12.3. The van der Waals surface area contributed by atoms with Crippen molar-refractivity contribution in [2.75, 3.05) is 20.1 Å². The van der Waals surface area contributed by atoms with Gasteiger partial charge in [0.2, 0.25) is 0 Å². The highest BCUT2D eigenvalue weighted by Crippen LogP contribution is 2.24. The number of allylic oxidation sites excluding steroid dienone is 1. The monoisotopic (exact) mass is 416 g/mol. The molecule has 2 rings (SSSR count). The van der Waals surface area contributed by atoms with Crippen LogP contribution in [0.25, 0.3) is 6.08 Å². The van der Waals surface area contributed by atoms with E-state index in [0.29, 0.717) is 12.0 Å². The summed E-state index contributed by atoms with van der Waals surface area (Å²) in [4.78, 5) is 4.90. The van der Waals surface area contributed by atoms with E-state index >= 15 is 0 Å². The molecule has 31 heavy (non-hydrogen) atoms. The lowest BCUT2D eigenvalue weighted by Gasteiger charge is -2.40. The average molecular weight is 417 g/mol. The van der Waals surface area contributed by atoms with Gasteiger partial charge in [-0.15, -0.1) is 6.58 Å². The minimum atomic E-state index is 0.354. The fourth-order valence-corrected chi connectivity index (χ4v) is 4.39. The Labute approximate surface area is 190 Å². The van der Waals surface area contributed by atoms with Crippen LogP contribution < -0.4 is 0 Å². The first-order valence-corrected chi connectivity index (χ1v) is 11.4. The van der Waals surface area contributed by atoms with Gasteiger partial charge in [-0.1, -0.05) is 87.7 Å². The number of hydrogen-bond acceptors (Lipinski definition) is 2. The van der Waals surface area contributed by atoms with Crippen molar-refractivity contribution in [3.05, 3.63) is 102 Å². The molecule has 2 heteroatoms. The quantitative estimate of drug-likeness (QED) is 0.334. The maximum absolute atomic E-state index is 4.38. The highest BCUT2D eigenvalue weighted by Gasteiger charge is 2.26. The van der Waals surface area contributed by atoms with Crippen LogP contribution in [0, 0.1) is 12.8 Å². The van der Waals surface area contributed by atoms with Gasteiger partial charge in [-0.05, 0) is 55.0 Å². The van der Waals surface area contributed by atoms with Crippen molar-refractivity contribution >= 4 is 6.08 Å². The summed E-state index contributed by atoms with van der Waals surface area (Å²) in [6, 6.07) is 17.7. The van der Waals surface area contributed by atoms with Gasteiger partial charge in [-0.3, -0.25) is 0 Å². The third-order valence-electron chi connectivity index (χ3n) is 6.16. The molecule has 0 aromatic heterocycles. The van der Waals surface area contributed by atoms with E-state index in [-0.39, 0.29) is 0 Å². The van der Waals surface area contributed by atoms with Gasteiger partial charge in [0.25, 0.3) is 0 Å². The molecule has 0 saturated carbocycles. The summed E-state index contributed by atoms with van der Waals surface area (Å²) in [5.41, 5.74) is 6.43. The maximum atomic E-state index is 4.38. The Morgan fingerprint density at radius 1 is 1.06 bits per heavy atom. The zero-order valence-corrected chi connectivity index (χ0v) is 20.0. The molecule has 0 aliphatic heterocycles. The van der Waals surface area contributed by atoms with Gasteiger partial charge in [0.15, 0.2) is 0 Å². The van der Waals surface area contributed by atoms with Gasteiger partial charge in [0.1, 0.15) is 0 Å². The van der Waals surface area contributed by atoms with Gasteiger partial charge in [0, 0.05) is 31.4 Å². The van der Waals surface area contributed by atoms with E-state index in [0.717, 1.165) is 32.5 Å². The number of benzene rings is 2. The Hall–Kier alpha value is -2.58. The molecule has 0 saturated heterocycles. The summed E-state index contributed by atoms with van der Waals surface area (Å²) in [5, 5.41) is 0. The highest BCUT2D eigenvalue weighted by molar-refractivity contribution is 5.56. The second-order valence-corrected chi connectivity index (χ2v) is 8.64. The standard InChI is InChI=1S/C29H40N2/c1-8-19-31(25(6)9-2)29(24(5)20-26-16-12-11-13-17-26)22-30(7)21-27-18-14-15-23(4)28(27)10-3/h8,10-18,24,29H,1,3,6,9,19-22H2,2,4-5,7H3. The van der Waals surface area contributed by atoms with Gasteiger partial charge in [-0.2, -0.15) is 0 Å². The molecular weight excluding hydrogens is 376 g/mol. The molecule has 0 aliphatic carbocycles. The third kappa shape index (κ3) is 6.97. The molecule has 0 aliphatic rings. The molecule has 0 fully saturated rings. The van der Waals surface area contributed by atoms with Gasteiger partial charge in [-0.25, -0.2) is 0 Å². The van der Waals surface area contributed by atoms with Crippen molar-refractivity contribution in [1.29, 1.82) is 0 Å². The molecule has 0 heterocycles. The number of hydrogen-bond donors (Lipinski definition) is 0. The minimum absolute atomic E-state index is 0.354. The largest absolute Gasteiger partial charge is 0.367 e. The van der Waals surface area contributed by atoms with Crippen molar-refractivity contribution in [3.63, 3.8) is 0 Å². The van der Waals surface area contributed by atoms with E-state index in [4.69, 9.17) is 0 Å². The van der Waals surface area contributed by atoms with Crippen LogP contribution in [0.2, 0.25) is 0 Å². The van der Waals surface area contributed by atoms with Crippen molar-refractivity contribution < 1.29 is 0 Å². The molecule has 166 valence electrons. The smallest absolute Gasteiger partial charge is 0.0446 e. The van der Waals surface area contributed by atoms with Crippen molar-refractivity contribution in [3.8, 4) is 0 Å². The minimum Gasteiger partial charge on any atom is -0.367 e. The zero-order chi connectivity index (χ0) is 22.8. The van der Waals surface area contributed by atoms with Crippen LogP contribution in [0.4, 0.5) is 0 Å². The van der Waals surface area contributed by atoms with Crippen LogP contribution >= 0.6 is 0 Å². The number of rotatable bonds is 13. The van der Waals surface area contributed by atoms with E-state index in [1.165, 1.54) is 28.0 Å². The predicted octanol–water partition coefficient (Wildman–Crippen LogP) is 6.73. The Balaban J connectivity index is 2.26. The lowest BCUT2D eigenvalue weighted by atomic mass is 9.91. The first-order chi connectivity index (χ1) is 14.9. The molecule has 2 nitrogen and oxygen atoms in total. The number of likely N-dealkylation sites (N-methyl/N-ethyl adjacent to an activating group) is 1. The zero-order valence-electron chi connectivity index (χ0n) is 20.0. The summed E-state index contributed by atoms with van der Waals surface area (Å²) >= 11 is 0. The topological polar surface area (TPSA) is 6.48 Å². The van der Waals surface area contributed by atoms with Crippen LogP contribution in [-0.4, -0.2) is 36.0 Å². The molecular formula is C29H40N2. The molecule has 2 aromatic carbocycles. The SMILES string of the molecule is C=CCN(C(=C)CC)C(CN(C)Cc1cccc(C)c1C=C)C(C)Cc1ccccc1. The summed E-state index contributed by atoms with van der Waals surface area (Å²) in [5.74, 6) is 0.476. The molecule has 2 unspecified atom stereocenters. The molecule has 0 radical (unpaired) electrons. The highest BCUT2D eigenvalue weighted by atomic mass is 15.2. The van der Waals surface area contributed by atoms with E-state index < -0.39 is 0 Å². The lowest BCUT2D eigenvalue weighted by molar-refractivity contribution is 0.146. The number of nitrogens with zero attached hydrogens (tertiary/aromatic N) is 2. The molecule has 0 N–H and O–H groups in total. The lowest BCUT2D eigenvalue weighted by Crippen LogP contribution is -2.46. The molecule has 0 amide bonds. The van der Waals surface area contributed by atoms with Crippen LogP contribution in [0.5, 0.6) is 0 Å². The average Bonchev–Trinajstić information content (AvgIpc) is 2.76. The Morgan fingerprint density at radius 3 is 2.39 bits per heavy atom. The first kappa shape index (κ1) is 24.7. The molecule has 2 aromatic rings.